The number of ether oxygens (including phenoxy) is 1. The van der Waals surface area contributed by atoms with Crippen molar-refractivity contribution in [2.45, 2.75) is 19.5 Å². The minimum Gasteiger partial charge on any atom is -0.466 e. The summed E-state index contributed by atoms with van der Waals surface area (Å²) < 4.78 is 11.1. The predicted octanol–water partition coefficient (Wildman–Crippen LogP) is 0.469. The molecule has 0 saturated heterocycles. The molecule has 1 aliphatic rings. The van der Waals surface area contributed by atoms with Crippen LogP contribution in [0.15, 0.2) is 0 Å². The monoisotopic (exact) mass is 252 g/mol. The minimum atomic E-state index is 0.222. The van der Waals surface area contributed by atoms with Gasteiger partial charge in [0.2, 0.25) is 0 Å². The highest BCUT2D eigenvalue weighted by Crippen LogP contribution is 2.26. The summed E-state index contributed by atoms with van der Waals surface area (Å²) >= 11 is 1.28. The maximum absolute atomic E-state index is 4.98. The molecule has 0 aromatic carbocycles. The van der Waals surface area contributed by atoms with Crippen LogP contribution >= 0.6 is 11.5 Å². The molecule has 0 aliphatic carbocycles. The van der Waals surface area contributed by atoms with Gasteiger partial charge in [0.05, 0.1) is 13.2 Å². The van der Waals surface area contributed by atoms with Gasteiger partial charge in [-0.05, 0) is 18.5 Å². The summed E-state index contributed by atoms with van der Waals surface area (Å²) in [6.45, 7) is 3.84. The maximum atomic E-state index is 4.98. The van der Waals surface area contributed by atoms with E-state index < -0.39 is 0 Å². The fraction of sp³-hybridized carbons (Fsp3) is 0.556. The lowest BCUT2D eigenvalue weighted by molar-refractivity contribution is 0.386. The second-order valence-electron chi connectivity index (χ2n) is 3.80. The largest absolute Gasteiger partial charge is 0.466 e. The smallest absolute Gasteiger partial charge is 0.328 e. The van der Waals surface area contributed by atoms with Gasteiger partial charge in [-0.25, -0.2) is 0 Å². The molecular weight excluding hydrogens is 240 g/mol. The molecule has 1 aliphatic heterocycles. The third kappa shape index (κ3) is 1.69. The number of nitrogens with zero attached hydrogens (tertiary/aromatic N) is 5. The first-order chi connectivity index (χ1) is 8.29. The Morgan fingerprint density at radius 3 is 3.12 bits per heavy atom. The number of fused-ring (bicyclic) bond motifs is 1. The Kier molecular flexibility index (Phi) is 2.52. The molecule has 3 rings (SSSR count). The predicted molar refractivity (Wildman–Crippen MR) is 61.9 cm³/mol. The molecule has 2 aromatic rings. The van der Waals surface area contributed by atoms with Crippen LogP contribution in [-0.4, -0.2) is 37.8 Å². The fourth-order valence-electron chi connectivity index (χ4n) is 1.88. The second kappa shape index (κ2) is 4.04. The molecule has 0 fully saturated rings. The molecule has 1 N–H and O–H groups in total. The van der Waals surface area contributed by atoms with Crippen molar-refractivity contribution in [3.8, 4) is 16.8 Å². The van der Waals surface area contributed by atoms with Gasteiger partial charge in [-0.1, -0.05) is 0 Å². The zero-order valence-electron chi connectivity index (χ0n) is 9.54. The molecule has 0 amide bonds. The third-order valence-electron chi connectivity index (χ3n) is 2.73. The molecule has 0 unspecified atom stereocenters. The molecule has 7 nitrogen and oxygen atoms in total. The third-order valence-corrected chi connectivity index (χ3v) is 3.43. The lowest BCUT2D eigenvalue weighted by Gasteiger charge is -2.21. The first-order valence-electron chi connectivity index (χ1n) is 5.34. The maximum Gasteiger partial charge on any atom is 0.328 e. The van der Waals surface area contributed by atoms with Gasteiger partial charge in [-0.15, -0.1) is 14.6 Å². The Hall–Kier alpha value is -1.54. The Bertz CT molecular complexity index is 535. The normalized spacial score (nSPS) is 19.1. The van der Waals surface area contributed by atoms with E-state index in [2.05, 4.69) is 36.4 Å². The summed E-state index contributed by atoms with van der Waals surface area (Å²) in [4.78, 5) is 4.25. The van der Waals surface area contributed by atoms with Gasteiger partial charge in [0.15, 0.2) is 10.8 Å². The zero-order chi connectivity index (χ0) is 11.8. The minimum absolute atomic E-state index is 0.222. The van der Waals surface area contributed by atoms with Crippen molar-refractivity contribution >= 4 is 11.5 Å². The second-order valence-corrected chi connectivity index (χ2v) is 4.55. The summed E-state index contributed by atoms with van der Waals surface area (Å²) in [5.74, 6) is 1.72. The van der Waals surface area contributed by atoms with Gasteiger partial charge in [0, 0.05) is 13.1 Å². The lowest BCUT2D eigenvalue weighted by atomic mass is 10.2. The van der Waals surface area contributed by atoms with E-state index in [0.29, 0.717) is 6.01 Å². The van der Waals surface area contributed by atoms with Gasteiger partial charge in [0.25, 0.3) is 0 Å². The number of nitrogens with one attached hydrogen (secondary N) is 1. The highest BCUT2D eigenvalue weighted by atomic mass is 32.1. The topological polar surface area (TPSA) is 77.8 Å². The van der Waals surface area contributed by atoms with E-state index in [1.54, 1.807) is 7.11 Å². The van der Waals surface area contributed by atoms with E-state index >= 15 is 0 Å². The van der Waals surface area contributed by atoms with Gasteiger partial charge in [-0.3, -0.25) is 0 Å². The van der Waals surface area contributed by atoms with Crippen LogP contribution in [0.3, 0.4) is 0 Å². The summed E-state index contributed by atoms with van der Waals surface area (Å²) in [6, 6.07) is 0.601. The average molecular weight is 252 g/mol. The lowest BCUT2D eigenvalue weighted by Crippen LogP contribution is -2.32. The molecule has 0 saturated carbocycles. The number of rotatable bonds is 2. The Labute approximate surface area is 102 Å². The highest BCUT2D eigenvalue weighted by Gasteiger charge is 2.23. The van der Waals surface area contributed by atoms with Crippen LogP contribution in [-0.2, 0) is 6.54 Å². The molecule has 2 aromatic heterocycles. The van der Waals surface area contributed by atoms with E-state index in [0.717, 1.165) is 29.7 Å². The van der Waals surface area contributed by atoms with Crippen molar-refractivity contribution in [3.63, 3.8) is 0 Å². The van der Waals surface area contributed by atoms with Crippen LogP contribution in [0.4, 0.5) is 0 Å². The molecule has 0 bridgehead atoms. The molecule has 1 atom stereocenters. The Morgan fingerprint density at radius 2 is 2.35 bits per heavy atom. The SMILES string of the molecule is COc1nsc(-c2nnc3n2CCN[C@@H]3C)n1. The standard InChI is InChI=1S/C9H12N6OS/c1-5-6-12-13-7(15(6)4-3-10-5)8-11-9(16-2)14-17-8/h5,10H,3-4H2,1-2H3/t5-/m1/s1. The van der Waals surface area contributed by atoms with Crippen molar-refractivity contribution in [2.75, 3.05) is 13.7 Å². The molecule has 17 heavy (non-hydrogen) atoms. The number of aromatic nitrogens is 5. The van der Waals surface area contributed by atoms with Crippen LogP contribution in [0.25, 0.3) is 10.8 Å². The van der Waals surface area contributed by atoms with Crippen molar-refractivity contribution in [1.29, 1.82) is 0 Å². The van der Waals surface area contributed by atoms with Crippen LogP contribution in [0.2, 0.25) is 0 Å². The van der Waals surface area contributed by atoms with E-state index in [-0.39, 0.29) is 6.04 Å². The van der Waals surface area contributed by atoms with Crippen LogP contribution in [0, 0.1) is 0 Å². The van der Waals surface area contributed by atoms with Crippen molar-refractivity contribution in [3.05, 3.63) is 5.82 Å². The Balaban J connectivity index is 2.03. The van der Waals surface area contributed by atoms with Crippen LogP contribution < -0.4 is 10.1 Å². The van der Waals surface area contributed by atoms with E-state index in [4.69, 9.17) is 4.74 Å². The fourth-order valence-corrected chi connectivity index (χ4v) is 2.51. The number of hydrogen-bond donors (Lipinski definition) is 1. The molecule has 8 heteroatoms. The molecule has 3 heterocycles. The van der Waals surface area contributed by atoms with E-state index in [1.807, 2.05) is 0 Å². The van der Waals surface area contributed by atoms with Gasteiger partial charge in [-0.2, -0.15) is 4.98 Å². The summed E-state index contributed by atoms with van der Waals surface area (Å²) in [7, 11) is 1.55. The summed E-state index contributed by atoms with van der Waals surface area (Å²) in [5.41, 5.74) is 0. The highest BCUT2D eigenvalue weighted by molar-refractivity contribution is 7.09. The first-order valence-corrected chi connectivity index (χ1v) is 6.11. The van der Waals surface area contributed by atoms with Crippen LogP contribution in [0.1, 0.15) is 18.8 Å². The summed E-state index contributed by atoms with van der Waals surface area (Å²) in [6.07, 6.45) is 0. The van der Waals surface area contributed by atoms with Crippen molar-refractivity contribution in [1.82, 2.24) is 29.4 Å². The van der Waals surface area contributed by atoms with Gasteiger partial charge in [0.1, 0.15) is 5.82 Å². The molecular formula is C9H12N6OS. The molecule has 0 radical (unpaired) electrons. The van der Waals surface area contributed by atoms with Crippen LogP contribution in [0.5, 0.6) is 6.01 Å². The first kappa shape index (κ1) is 10.6. The van der Waals surface area contributed by atoms with E-state index in [9.17, 15) is 0 Å². The van der Waals surface area contributed by atoms with Gasteiger partial charge >= 0.3 is 6.01 Å². The van der Waals surface area contributed by atoms with E-state index in [1.165, 1.54) is 11.5 Å². The Morgan fingerprint density at radius 1 is 1.47 bits per heavy atom. The van der Waals surface area contributed by atoms with Crippen molar-refractivity contribution < 1.29 is 4.74 Å². The molecule has 90 valence electrons. The number of hydrogen-bond acceptors (Lipinski definition) is 7. The van der Waals surface area contributed by atoms with Gasteiger partial charge < -0.3 is 14.6 Å². The molecule has 0 spiro atoms. The van der Waals surface area contributed by atoms with Crippen molar-refractivity contribution in [2.24, 2.45) is 0 Å². The summed E-state index contributed by atoms with van der Waals surface area (Å²) in [5, 5.41) is 12.5. The zero-order valence-corrected chi connectivity index (χ0v) is 10.4. The quantitative estimate of drug-likeness (QED) is 0.837. The number of methoxy groups -OCH3 is 1. The average Bonchev–Trinajstić information content (AvgIpc) is 2.94.